The van der Waals surface area contributed by atoms with E-state index in [2.05, 4.69) is 20.7 Å². The van der Waals surface area contributed by atoms with Crippen molar-refractivity contribution in [1.29, 1.82) is 0 Å². The molecule has 1 N–H and O–H groups in total. The molecule has 1 amide bonds. The van der Waals surface area contributed by atoms with E-state index in [4.69, 9.17) is 4.74 Å². The van der Waals surface area contributed by atoms with Crippen LogP contribution in [0, 0.1) is 0 Å². The molecule has 0 aromatic carbocycles. The summed E-state index contributed by atoms with van der Waals surface area (Å²) in [6, 6.07) is 0.475. The maximum absolute atomic E-state index is 12.6. The number of aryl methyl sites for hydroxylation is 1. The fourth-order valence-corrected chi connectivity index (χ4v) is 3.70. The molecule has 0 radical (unpaired) electrons. The highest BCUT2D eigenvalue weighted by atomic mass is 16.5. The van der Waals surface area contributed by atoms with Gasteiger partial charge in [0.25, 0.3) is 5.91 Å². The van der Waals surface area contributed by atoms with Crippen LogP contribution in [0.3, 0.4) is 0 Å². The van der Waals surface area contributed by atoms with Crippen LogP contribution in [0.5, 0.6) is 0 Å². The summed E-state index contributed by atoms with van der Waals surface area (Å²) >= 11 is 0. The second-order valence-corrected chi connectivity index (χ2v) is 7.09. The second-order valence-electron chi connectivity index (χ2n) is 7.09. The zero-order valence-electron chi connectivity index (χ0n) is 14.9. The van der Waals surface area contributed by atoms with Gasteiger partial charge < -0.3 is 10.1 Å². The number of fused-ring (bicyclic) bond motifs is 1. The fraction of sp³-hybridized carbons (Fsp3) is 0.647. The van der Waals surface area contributed by atoms with Crippen LogP contribution in [0.2, 0.25) is 0 Å². The minimum atomic E-state index is -0.170. The predicted molar refractivity (Wildman–Crippen MR) is 90.0 cm³/mol. The highest BCUT2D eigenvalue weighted by Gasteiger charge is 2.31. The molecule has 0 bridgehead atoms. The molecule has 0 unspecified atom stereocenters. The van der Waals surface area contributed by atoms with Crippen LogP contribution in [-0.2, 0) is 24.8 Å². The summed E-state index contributed by atoms with van der Waals surface area (Å²) in [5.41, 5.74) is 3.24. The van der Waals surface area contributed by atoms with Gasteiger partial charge in [-0.1, -0.05) is 5.21 Å². The van der Waals surface area contributed by atoms with E-state index in [1.165, 1.54) is 6.42 Å². The average molecular weight is 344 g/mol. The van der Waals surface area contributed by atoms with Crippen LogP contribution >= 0.6 is 0 Å². The lowest BCUT2D eigenvalue weighted by atomic mass is 9.93. The molecular formula is C17H24N6O2. The quantitative estimate of drug-likeness (QED) is 0.912. The van der Waals surface area contributed by atoms with Crippen molar-refractivity contribution in [3.05, 3.63) is 28.8 Å². The van der Waals surface area contributed by atoms with Crippen molar-refractivity contribution in [1.82, 2.24) is 30.1 Å². The lowest BCUT2D eigenvalue weighted by Crippen LogP contribution is -2.27. The fourth-order valence-electron chi connectivity index (χ4n) is 3.70. The van der Waals surface area contributed by atoms with E-state index in [0.29, 0.717) is 24.7 Å². The number of nitrogens with one attached hydrogen (secondary N) is 1. The highest BCUT2D eigenvalue weighted by molar-refractivity contribution is 5.94. The zero-order valence-corrected chi connectivity index (χ0v) is 14.9. The molecule has 2 atom stereocenters. The first-order chi connectivity index (χ1) is 12.0. The molecule has 8 nitrogen and oxygen atoms in total. The third-order valence-corrected chi connectivity index (χ3v) is 5.16. The van der Waals surface area contributed by atoms with Crippen molar-refractivity contribution >= 4 is 5.91 Å². The maximum atomic E-state index is 12.6. The smallest absolute Gasteiger partial charge is 0.272 e. The van der Waals surface area contributed by atoms with E-state index in [9.17, 15) is 4.79 Å². The molecule has 2 aromatic rings. The molecule has 1 saturated carbocycles. The van der Waals surface area contributed by atoms with Crippen LogP contribution in [0.25, 0.3) is 0 Å². The third-order valence-electron chi connectivity index (χ3n) is 5.16. The van der Waals surface area contributed by atoms with Gasteiger partial charge in [-0.05, 0) is 33.1 Å². The molecule has 0 spiro atoms. The van der Waals surface area contributed by atoms with Crippen LogP contribution in [0.1, 0.15) is 72.7 Å². The monoisotopic (exact) mass is 344 g/mol. The van der Waals surface area contributed by atoms with Crippen molar-refractivity contribution in [3.8, 4) is 0 Å². The van der Waals surface area contributed by atoms with Crippen molar-refractivity contribution in [3.63, 3.8) is 0 Å². The molecule has 1 aliphatic heterocycles. The first-order valence-electron chi connectivity index (χ1n) is 8.93. The number of rotatable bonds is 4. The number of amides is 1. The number of ether oxygens (including phenoxy) is 1. The molecule has 2 aromatic heterocycles. The number of aromatic nitrogens is 5. The van der Waals surface area contributed by atoms with Crippen molar-refractivity contribution in [2.45, 2.75) is 64.3 Å². The van der Waals surface area contributed by atoms with Crippen LogP contribution in [0.15, 0.2) is 6.20 Å². The van der Waals surface area contributed by atoms with Gasteiger partial charge in [-0.25, -0.2) is 4.68 Å². The minimum Gasteiger partial charge on any atom is -0.369 e. The Morgan fingerprint density at radius 2 is 2.20 bits per heavy atom. The van der Waals surface area contributed by atoms with Crippen molar-refractivity contribution in [2.75, 3.05) is 0 Å². The van der Waals surface area contributed by atoms with E-state index in [1.54, 1.807) is 4.68 Å². The molecular weight excluding hydrogens is 320 g/mol. The van der Waals surface area contributed by atoms with Gasteiger partial charge in [-0.2, -0.15) is 5.10 Å². The predicted octanol–water partition coefficient (Wildman–Crippen LogP) is 1.69. The summed E-state index contributed by atoms with van der Waals surface area (Å²) in [4.78, 5) is 12.6. The largest absolute Gasteiger partial charge is 0.369 e. The molecule has 4 rings (SSSR count). The summed E-state index contributed by atoms with van der Waals surface area (Å²) in [6.07, 6.45) is 6.23. The third kappa shape index (κ3) is 2.95. The van der Waals surface area contributed by atoms with Crippen LogP contribution < -0.4 is 5.32 Å². The summed E-state index contributed by atoms with van der Waals surface area (Å²) in [6.45, 7) is 4.38. The molecule has 8 heteroatoms. The molecule has 1 aliphatic carbocycles. The Hall–Kier alpha value is -2.22. The number of nitrogens with zero attached hydrogens (tertiary/aromatic N) is 5. The van der Waals surface area contributed by atoms with Gasteiger partial charge in [-0.3, -0.25) is 9.48 Å². The molecule has 1 fully saturated rings. The van der Waals surface area contributed by atoms with Crippen LogP contribution in [-0.4, -0.2) is 36.8 Å². The van der Waals surface area contributed by atoms with E-state index in [1.807, 2.05) is 31.8 Å². The summed E-state index contributed by atoms with van der Waals surface area (Å²) in [5, 5.41) is 15.7. The standard InChI is InChI=1S/C17H24N6O2/c1-10-7-14-15(20-22(3)16(14)11(2)25-10)17(24)18-8-12-9-23(21-19-12)13-5-4-6-13/h9-11,13H,4-8H2,1-3H3,(H,18,24)/t10-,11+/m1/s1. The van der Waals surface area contributed by atoms with Crippen molar-refractivity contribution < 1.29 is 9.53 Å². The van der Waals surface area contributed by atoms with Gasteiger partial charge in [0, 0.05) is 19.0 Å². The van der Waals surface area contributed by atoms with E-state index in [0.717, 1.165) is 29.8 Å². The van der Waals surface area contributed by atoms with Gasteiger partial charge in [0.2, 0.25) is 0 Å². The summed E-state index contributed by atoms with van der Waals surface area (Å²) in [7, 11) is 1.86. The SMILES string of the molecule is C[C@@H]1Cc2c(C(=O)NCc3cn(C4CCC4)nn3)nn(C)c2[C@H](C)O1. The van der Waals surface area contributed by atoms with E-state index in [-0.39, 0.29) is 18.1 Å². The lowest BCUT2D eigenvalue weighted by molar-refractivity contribution is -0.00903. The topological polar surface area (TPSA) is 86.9 Å². The molecule has 25 heavy (non-hydrogen) atoms. The average Bonchev–Trinajstić information content (AvgIpc) is 3.08. The molecule has 2 aliphatic rings. The molecule has 134 valence electrons. The minimum absolute atomic E-state index is 0.0554. The van der Waals surface area contributed by atoms with Gasteiger partial charge >= 0.3 is 0 Å². The van der Waals surface area contributed by atoms with Gasteiger partial charge in [-0.15, -0.1) is 5.10 Å². The van der Waals surface area contributed by atoms with Gasteiger partial charge in [0.1, 0.15) is 5.69 Å². The Labute approximate surface area is 146 Å². The van der Waals surface area contributed by atoms with Gasteiger partial charge in [0.15, 0.2) is 5.69 Å². The maximum Gasteiger partial charge on any atom is 0.272 e. The normalized spacial score (nSPS) is 23.2. The Balaban J connectivity index is 1.46. The van der Waals surface area contributed by atoms with Crippen LogP contribution in [0.4, 0.5) is 0 Å². The second kappa shape index (κ2) is 6.25. The number of hydrogen-bond donors (Lipinski definition) is 1. The molecule has 3 heterocycles. The van der Waals surface area contributed by atoms with E-state index < -0.39 is 0 Å². The number of carbonyl (C=O) groups is 1. The number of hydrogen-bond acceptors (Lipinski definition) is 5. The Kier molecular flexibility index (Phi) is 4.07. The van der Waals surface area contributed by atoms with E-state index >= 15 is 0 Å². The summed E-state index contributed by atoms with van der Waals surface area (Å²) < 4.78 is 9.51. The zero-order chi connectivity index (χ0) is 17.6. The molecule has 0 saturated heterocycles. The Morgan fingerprint density at radius 3 is 2.92 bits per heavy atom. The van der Waals surface area contributed by atoms with Crippen molar-refractivity contribution in [2.24, 2.45) is 7.05 Å². The Bertz CT molecular complexity index is 791. The summed E-state index contributed by atoms with van der Waals surface area (Å²) in [5.74, 6) is -0.170. The first kappa shape index (κ1) is 16.3. The lowest BCUT2D eigenvalue weighted by Gasteiger charge is -2.26. The number of carbonyl (C=O) groups excluding carboxylic acids is 1. The highest BCUT2D eigenvalue weighted by Crippen LogP contribution is 2.32. The Morgan fingerprint density at radius 1 is 1.40 bits per heavy atom. The first-order valence-corrected chi connectivity index (χ1v) is 8.93. The van der Waals surface area contributed by atoms with Gasteiger partial charge in [0.05, 0.1) is 36.7 Å².